The quantitative estimate of drug-likeness (QED) is 0.253. The number of aromatic nitrogens is 4. The van der Waals surface area contributed by atoms with Crippen LogP contribution >= 0.6 is 0 Å². The van der Waals surface area contributed by atoms with Gasteiger partial charge in [-0.05, 0) is 67.5 Å². The summed E-state index contributed by atoms with van der Waals surface area (Å²) in [5.41, 5.74) is 4.65. The molecule has 1 aliphatic carbocycles. The first-order valence-corrected chi connectivity index (χ1v) is 13.4. The molecule has 1 unspecified atom stereocenters. The lowest BCUT2D eigenvalue weighted by Crippen LogP contribution is -2.28. The molecule has 3 aromatic carbocycles. The minimum Gasteiger partial charge on any atom is -0.382 e. The average Bonchev–Trinajstić information content (AvgIpc) is 3.50. The molecule has 2 N–H and O–H groups in total. The van der Waals surface area contributed by atoms with Crippen molar-refractivity contribution < 1.29 is 4.39 Å². The minimum atomic E-state index is -0.256. The summed E-state index contributed by atoms with van der Waals surface area (Å²) in [6.07, 6.45) is 7.24. The Morgan fingerprint density at radius 2 is 1.74 bits per heavy atom. The molecule has 7 heteroatoms. The first-order chi connectivity index (χ1) is 18.7. The highest BCUT2D eigenvalue weighted by molar-refractivity contribution is 5.93. The number of imidazole rings is 1. The van der Waals surface area contributed by atoms with Gasteiger partial charge in [-0.25, -0.2) is 19.3 Å². The number of nitrogens with zero attached hydrogens (tertiary/aromatic N) is 4. The van der Waals surface area contributed by atoms with Crippen molar-refractivity contribution in [2.75, 3.05) is 17.2 Å². The van der Waals surface area contributed by atoms with Gasteiger partial charge in [0.1, 0.15) is 11.6 Å². The van der Waals surface area contributed by atoms with Crippen molar-refractivity contribution in [3.8, 4) is 22.6 Å². The zero-order chi connectivity index (χ0) is 25.5. The maximum Gasteiger partial charge on any atom is 0.223 e. The number of fused-ring (bicyclic) bond motifs is 2. The molecule has 2 aliphatic rings. The maximum atomic E-state index is 13.8. The van der Waals surface area contributed by atoms with Gasteiger partial charge in [-0.15, -0.1) is 0 Å². The van der Waals surface area contributed by atoms with Gasteiger partial charge in [0, 0.05) is 41.8 Å². The second kappa shape index (κ2) is 9.56. The van der Waals surface area contributed by atoms with Crippen LogP contribution in [0.3, 0.4) is 0 Å². The molecular formula is C31H29FN6. The van der Waals surface area contributed by atoms with Gasteiger partial charge in [0.05, 0.1) is 23.1 Å². The van der Waals surface area contributed by atoms with Crippen LogP contribution in [0.1, 0.15) is 37.5 Å². The lowest BCUT2D eigenvalue weighted by Gasteiger charge is -2.26. The van der Waals surface area contributed by atoms with Crippen LogP contribution in [0.5, 0.6) is 0 Å². The molecule has 1 saturated carbocycles. The zero-order valence-electron chi connectivity index (χ0n) is 21.1. The highest BCUT2D eigenvalue weighted by Gasteiger charge is 2.31. The van der Waals surface area contributed by atoms with Crippen LogP contribution in [-0.4, -0.2) is 32.1 Å². The summed E-state index contributed by atoms with van der Waals surface area (Å²) in [6, 6.07) is 24.0. The van der Waals surface area contributed by atoms with E-state index in [2.05, 4.69) is 62.6 Å². The van der Waals surface area contributed by atoms with Gasteiger partial charge in [-0.1, -0.05) is 36.4 Å². The number of hydrogen-bond donors (Lipinski definition) is 2. The van der Waals surface area contributed by atoms with E-state index in [0.717, 1.165) is 66.4 Å². The van der Waals surface area contributed by atoms with E-state index < -0.39 is 0 Å². The fourth-order valence-electron chi connectivity index (χ4n) is 5.62. The lowest BCUT2D eigenvalue weighted by molar-refractivity contribution is 0.443. The fourth-order valence-corrected chi connectivity index (χ4v) is 5.62. The Kier molecular flexibility index (Phi) is 5.76. The summed E-state index contributed by atoms with van der Waals surface area (Å²) in [7, 11) is 0. The summed E-state index contributed by atoms with van der Waals surface area (Å²) in [5, 5.41) is 9.63. The molecule has 1 atom stereocenters. The molecule has 0 radical (unpaired) electrons. The summed E-state index contributed by atoms with van der Waals surface area (Å²) in [4.78, 5) is 14.5. The molecule has 1 aliphatic heterocycles. The van der Waals surface area contributed by atoms with E-state index in [4.69, 9.17) is 9.97 Å². The minimum absolute atomic E-state index is 0.207. The molecule has 5 aromatic rings. The second-order valence-electron chi connectivity index (χ2n) is 10.2. The van der Waals surface area contributed by atoms with E-state index in [0.29, 0.717) is 12.0 Å². The van der Waals surface area contributed by atoms with Crippen molar-refractivity contribution in [3.63, 3.8) is 0 Å². The normalized spacial score (nSPS) is 16.8. The molecule has 0 spiro atoms. The lowest BCUT2D eigenvalue weighted by atomic mass is 9.93. The van der Waals surface area contributed by atoms with Gasteiger partial charge in [0.15, 0.2) is 0 Å². The number of aryl methyl sites for hydroxylation is 1. The first kappa shape index (κ1) is 22.9. The summed E-state index contributed by atoms with van der Waals surface area (Å²) in [5.74, 6) is 1.43. The van der Waals surface area contributed by atoms with E-state index >= 15 is 0 Å². The average molecular weight is 505 g/mol. The standard InChI is InChI=1S/C31H29FN6/c32-22-13-11-21(12-14-22)29-30(27-17-18-33-31(36-27)35-23-7-4-8-23)38-24(15-16-28(38)37-29)19-34-26-10-3-6-20-5-1-2-9-25(20)26/h1-3,5-6,9-14,17-18,23-24,34H,4,7-8,15-16,19H2,(H,33,35,36). The first-order valence-electron chi connectivity index (χ1n) is 13.4. The number of hydrogen-bond acceptors (Lipinski definition) is 5. The number of halogens is 1. The molecule has 0 saturated heterocycles. The van der Waals surface area contributed by atoms with Gasteiger partial charge >= 0.3 is 0 Å². The van der Waals surface area contributed by atoms with Crippen molar-refractivity contribution in [1.29, 1.82) is 0 Å². The van der Waals surface area contributed by atoms with Gasteiger partial charge < -0.3 is 15.2 Å². The molecule has 190 valence electrons. The van der Waals surface area contributed by atoms with Crippen LogP contribution in [0.2, 0.25) is 0 Å². The monoisotopic (exact) mass is 504 g/mol. The highest BCUT2D eigenvalue weighted by Crippen LogP contribution is 2.39. The molecule has 2 aromatic heterocycles. The van der Waals surface area contributed by atoms with Crippen molar-refractivity contribution in [2.45, 2.75) is 44.2 Å². The van der Waals surface area contributed by atoms with Crippen LogP contribution in [0.25, 0.3) is 33.4 Å². The third-order valence-corrected chi connectivity index (χ3v) is 7.82. The van der Waals surface area contributed by atoms with Crippen LogP contribution in [0, 0.1) is 5.82 Å². The van der Waals surface area contributed by atoms with E-state index in [9.17, 15) is 4.39 Å². The third-order valence-electron chi connectivity index (χ3n) is 7.82. The predicted octanol–water partition coefficient (Wildman–Crippen LogP) is 6.86. The van der Waals surface area contributed by atoms with Gasteiger partial charge in [0.2, 0.25) is 5.95 Å². The molecule has 7 rings (SSSR count). The van der Waals surface area contributed by atoms with E-state index in [1.807, 2.05) is 12.3 Å². The Morgan fingerprint density at radius 1 is 0.895 bits per heavy atom. The summed E-state index contributed by atoms with van der Waals surface area (Å²) < 4.78 is 16.1. The topological polar surface area (TPSA) is 67.7 Å². The van der Waals surface area contributed by atoms with Gasteiger partial charge in [0.25, 0.3) is 0 Å². The Hall–Kier alpha value is -4.26. The SMILES string of the molecule is Fc1ccc(-c2nc3n(c2-c2ccnc(NC4CCC4)n2)C(CNc2cccc4ccccc24)CC3)cc1. The smallest absolute Gasteiger partial charge is 0.223 e. The summed E-state index contributed by atoms with van der Waals surface area (Å²) in [6.45, 7) is 0.769. The Balaban J connectivity index is 1.27. The highest BCUT2D eigenvalue weighted by atomic mass is 19.1. The summed E-state index contributed by atoms with van der Waals surface area (Å²) >= 11 is 0. The van der Waals surface area contributed by atoms with Crippen LogP contribution in [-0.2, 0) is 6.42 Å². The Bertz CT molecular complexity index is 1600. The Morgan fingerprint density at radius 3 is 2.58 bits per heavy atom. The van der Waals surface area contributed by atoms with E-state index in [-0.39, 0.29) is 11.9 Å². The van der Waals surface area contributed by atoms with E-state index in [1.54, 1.807) is 12.1 Å². The molecule has 1 fully saturated rings. The van der Waals surface area contributed by atoms with Crippen molar-refractivity contribution in [1.82, 2.24) is 19.5 Å². The van der Waals surface area contributed by atoms with Crippen LogP contribution in [0.4, 0.5) is 16.0 Å². The van der Waals surface area contributed by atoms with Gasteiger partial charge in [-0.3, -0.25) is 0 Å². The second-order valence-corrected chi connectivity index (χ2v) is 10.2. The molecule has 0 bridgehead atoms. The molecule has 0 amide bonds. The third kappa shape index (κ3) is 4.18. The van der Waals surface area contributed by atoms with Crippen molar-refractivity contribution >= 4 is 22.4 Å². The Labute approximate surface area is 221 Å². The van der Waals surface area contributed by atoms with Crippen LogP contribution < -0.4 is 10.6 Å². The number of anilines is 2. The van der Waals surface area contributed by atoms with Gasteiger partial charge in [-0.2, -0.15) is 0 Å². The molecule has 3 heterocycles. The van der Waals surface area contributed by atoms with E-state index in [1.165, 1.54) is 29.3 Å². The molecule has 38 heavy (non-hydrogen) atoms. The largest absolute Gasteiger partial charge is 0.382 e. The predicted molar refractivity (Wildman–Crippen MR) is 150 cm³/mol. The number of benzene rings is 3. The van der Waals surface area contributed by atoms with Crippen LogP contribution in [0.15, 0.2) is 79.0 Å². The molecular weight excluding hydrogens is 475 g/mol. The number of rotatable bonds is 7. The molecule has 6 nitrogen and oxygen atoms in total. The zero-order valence-corrected chi connectivity index (χ0v) is 21.1. The van der Waals surface area contributed by atoms with Crippen molar-refractivity contribution in [3.05, 3.63) is 90.6 Å². The van der Waals surface area contributed by atoms with Crippen molar-refractivity contribution in [2.24, 2.45) is 0 Å². The fraction of sp³-hybridized carbons (Fsp3) is 0.258. The maximum absolute atomic E-state index is 13.8. The number of nitrogens with one attached hydrogen (secondary N) is 2.